The van der Waals surface area contributed by atoms with Gasteiger partial charge in [-0.1, -0.05) is 65.8 Å². The van der Waals surface area contributed by atoms with Crippen LogP contribution in [0.25, 0.3) is 5.65 Å². The van der Waals surface area contributed by atoms with Crippen LogP contribution >= 0.6 is 23.4 Å². The number of hydrogen-bond donors (Lipinski definition) is 0. The van der Waals surface area contributed by atoms with E-state index in [1.165, 1.54) is 22.2 Å². The van der Waals surface area contributed by atoms with Gasteiger partial charge in [0, 0.05) is 23.6 Å². The van der Waals surface area contributed by atoms with E-state index in [2.05, 4.69) is 9.98 Å². The second kappa shape index (κ2) is 8.23. The van der Waals surface area contributed by atoms with Gasteiger partial charge in [0.2, 0.25) is 0 Å². The molecule has 0 saturated heterocycles. The van der Waals surface area contributed by atoms with Crippen molar-refractivity contribution < 1.29 is 4.79 Å². The summed E-state index contributed by atoms with van der Waals surface area (Å²) in [5.74, 6) is 0.757. The Morgan fingerprint density at radius 1 is 0.941 bits per heavy atom. The normalized spacial score (nSPS) is 16.8. The molecule has 1 amide bonds. The van der Waals surface area contributed by atoms with Crippen LogP contribution in [-0.2, 0) is 10.5 Å². The number of nitrogens with zero attached hydrogens (tertiary/aromatic N) is 5. The molecule has 4 aromatic rings. The van der Waals surface area contributed by atoms with E-state index in [0.717, 1.165) is 16.8 Å². The van der Waals surface area contributed by atoms with Gasteiger partial charge in [-0.05, 0) is 29.8 Å². The molecule has 34 heavy (non-hydrogen) atoms. The van der Waals surface area contributed by atoms with Crippen molar-refractivity contribution in [2.24, 2.45) is 9.98 Å². The molecule has 166 valence electrons. The molecule has 0 radical (unpaired) electrons. The topological polar surface area (TPSA) is 79.4 Å². The van der Waals surface area contributed by atoms with E-state index < -0.39 is 6.04 Å². The van der Waals surface area contributed by atoms with Gasteiger partial charge in [-0.3, -0.25) is 18.9 Å². The lowest BCUT2D eigenvalue weighted by atomic mass is 10.0. The Morgan fingerprint density at radius 2 is 1.74 bits per heavy atom. The van der Waals surface area contributed by atoms with Gasteiger partial charge in [0.05, 0.1) is 16.4 Å². The van der Waals surface area contributed by atoms with Gasteiger partial charge < -0.3 is 0 Å². The standard InChI is InChI=1S/C25H16ClN5O2S/c26-16-10-11-20-27-17(12-21(32)30(20)13-16)14-34-25-28-19-9-5-4-8-18(19)23-29-24(33)22(31(23)25)15-6-2-1-3-7-15/h1-13,22H,14H2. The van der Waals surface area contributed by atoms with E-state index in [-0.39, 0.29) is 11.5 Å². The first-order valence-electron chi connectivity index (χ1n) is 10.5. The minimum absolute atomic E-state index is 0.209. The monoisotopic (exact) mass is 485 g/mol. The number of aliphatic imine (C=N–C) groups is 2. The van der Waals surface area contributed by atoms with Crippen LogP contribution in [-0.4, -0.2) is 31.2 Å². The smallest absolute Gasteiger partial charge is 0.275 e. The lowest BCUT2D eigenvalue weighted by Gasteiger charge is -2.31. The predicted octanol–water partition coefficient (Wildman–Crippen LogP) is 4.61. The highest BCUT2D eigenvalue weighted by molar-refractivity contribution is 8.13. The summed E-state index contributed by atoms with van der Waals surface area (Å²) in [5.41, 5.74) is 3.33. The SMILES string of the molecule is O=C1N=C2c3ccccc3N=C(SCc3cc(=O)n4cc(Cl)ccc4n3)N2C1c1ccccc1. The number of carbonyl (C=O) groups excluding carboxylic acids is 1. The van der Waals surface area contributed by atoms with Gasteiger partial charge in [-0.2, -0.15) is 4.99 Å². The zero-order chi connectivity index (χ0) is 23.2. The van der Waals surface area contributed by atoms with Gasteiger partial charge in [-0.15, -0.1) is 0 Å². The van der Waals surface area contributed by atoms with Crippen LogP contribution in [0, 0.1) is 0 Å². The van der Waals surface area contributed by atoms with Gasteiger partial charge in [0.1, 0.15) is 17.5 Å². The molecule has 0 bridgehead atoms. The summed E-state index contributed by atoms with van der Waals surface area (Å²) in [6.07, 6.45) is 1.55. The lowest BCUT2D eigenvalue weighted by molar-refractivity contribution is -0.119. The Bertz CT molecular complexity index is 1580. The first-order valence-corrected chi connectivity index (χ1v) is 11.9. The fraction of sp³-hybridized carbons (Fsp3) is 0.0800. The molecule has 7 nitrogen and oxygen atoms in total. The number of rotatable bonds is 3. The molecule has 9 heteroatoms. The molecule has 0 aliphatic carbocycles. The summed E-state index contributed by atoms with van der Waals surface area (Å²) in [6, 6.07) is 21.5. The lowest BCUT2D eigenvalue weighted by Crippen LogP contribution is -2.38. The van der Waals surface area contributed by atoms with Gasteiger partial charge in [0.15, 0.2) is 5.17 Å². The molecule has 2 aliphatic rings. The van der Waals surface area contributed by atoms with Crippen molar-refractivity contribution in [3.63, 3.8) is 0 Å². The number of amidine groups is 2. The molecule has 1 unspecified atom stereocenters. The highest BCUT2D eigenvalue weighted by atomic mass is 35.5. The molecule has 0 spiro atoms. The number of fused-ring (bicyclic) bond motifs is 4. The first-order chi connectivity index (χ1) is 16.6. The largest absolute Gasteiger partial charge is 0.288 e. The number of para-hydroxylation sites is 1. The number of benzene rings is 2. The third-order valence-corrected chi connectivity index (χ3v) is 6.85. The molecular formula is C25H16ClN5O2S. The summed E-state index contributed by atoms with van der Waals surface area (Å²) in [7, 11) is 0. The predicted molar refractivity (Wildman–Crippen MR) is 134 cm³/mol. The van der Waals surface area contributed by atoms with Crippen LogP contribution in [0.4, 0.5) is 5.69 Å². The number of aromatic nitrogens is 2. The van der Waals surface area contributed by atoms with Crippen LogP contribution in [0.1, 0.15) is 22.9 Å². The summed E-state index contributed by atoms with van der Waals surface area (Å²) in [5, 5.41) is 1.10. The molecule has 0 N–H and O–H groups in total. The average molecular weight is 486 g/mol. The van der Waals surface area contributed by atoms with Crippen LogP contribution in [0.2, 0.25) is 5.02 Å². The van der Waals surface area contributed by atoms with E-state index in [4.69, 9.17) is 16.6 Å². The Labute approximate surface area is 203 Å². The fourth-order valence-electron chi connectivity index (χ4n) is 4.13. The van der Waals surface area contributed by atoms with Crippen LogP contribution in [0.5, 0.6) is 0 Å². The molecule has 1 atom stereocenters. The molecule has 2 aliphatic heterocycles. The summed E-state index contributed by atoms with van der Waals surface area (Å²) in [4.78, 5) is 41.4. The van der Waals surface area contributed by atoms with Gasteiger partial charge >= 0.3 is 0 Å². The second-order valence-corrected chi connectivity index (χ2v) is 9.20. The van der Waals surface area contributed by atoms with E-state index in [9.17, 15) is 9.59 Å². The quantitative estimate of drug-likeness (QED) is 0.423. The van der Waals surface area contributed by atoms with Crippen molar-refractivity contribution in [1.82, 2.24) is 14.3 Å². The minimum Gasteiger partial charge on any atom is -0.288 e. The molecule has 2 aromatic heterocycles. The van der Waals surface area contributed by atoms with Crippen LogP contribution < -0.4 is 5.56 Å². The number of thioether (sulfide) groups is 1. The molecule has 0 fully saturated rings. The zero-order valence-electron chi connectivity index (χ0n) is 17.6. The van der Waals surface area contributed by atoms with Crippen molar-refractivity contribution >= 4 is 51.6 Å². The summed E-state index contributed by atoms with van der Waals surface area (Å²) < 4.78 is 1.42. The maximum absolute atomic E-state index is 13.0. The van der Waals surface area contributed by atoms with E-state index >= 15 is 0 Å². The van der Waals surface area contributed by atoms with Gasteiger partial charge in [-0.25, -0.2) is 9.98 Å². The molecular weight excluding hydrogens is 470 g/mol. The summed E-state index contributed by atoms with van der Waals surface area (Å²) >= 11 is 7.43. The maximum Gasteiger partial charge on any atom is 0.275 e. The summed E-state index contributed by atoms with van der Waals surface area (Å²) in [6.45, 7) is 0. The molecule has 6 rings (SSSR count). The minimum atomic E-state index is -0.590. The van der Waals surface area contributed by atoms with Crippen molar-refractivity contribution in [2.75, 3.05) is 0 Å². The zero-order valence-corrected chi connectivity index (χ0v) is 19.2. The molecule has 2 aromatic carbocycles. The first kappa shape index (κ1) is 20.8. The molecule has 0 saturated carbocycles. The van der Waals surface area contributed by atoms with E-state index in [1.54, 1.807) is 18.3 Å². The van der Waals surface area contributed by atoms with Gasteiger partial charge in [0.25, 0.3) is 11.5 Å². The number of halogens is 1. The Morgan fingerprint density at radius 3 is 2.59 bits per heavy atom. The third-order valence-electron chi connectivity index (χ3n) is 5.64. The third kappa shape index (κ3) is 3.52. The highest BCUT2D eigenvalue weighted by Gasteiger charge is 2.42. The van der Waals surface area contributed by atoms with Crippen LogP contribution in [0.15, 0.2) is 93.8 Å². The average Bonchev–Trinajstić information content (AvgIpc) is 3.21. The van der Waals surface area contributed by atoms with Crippen molar-refractivity contribution in [1.29, 1.82) is 0 Å². The number of pyridine rings is 1. The molecule has 4 heterocycles. The van der Waals surface area contributed by atoms with Crippen molar-refractivity contribution in [2.45, 2.75) is 11.8 Å². The van der Waals surface area contributed by atoms with E-state index in [1.807, 2.05) is 59.5 Å². The van der Waals surface area contributed by atoms with Crippen LogP contribution in [0.3, 0.4) is 0 Å². The van der Waals surface area contributed by atoms with Crippen molar-refractivity contribution in [3.8, 4) is 0 Å². The second-order valence-electron chi connectivity index (χ2n) is 7.82. The number of amides is 1. The Balaban J connectivity index is 1.39. The maximum atomic E-state index is 13.0. The Kier molecular flexibility index (Phi) is 5.04. The Hall–Kier alpha value is -3.75. The van der Waals surface area contributed by atoms with E-state index in [0.29, 0.717) is 33.1 Å². The fourth-order valence-corrected chi connectivity index (χ4v) is 5.21. The van der Waals surface area contributed by atoms with Crippen molar-refractivity contribution in [3.05, 3.63) is 111 Å². The number of carbonyl (C=O) groups is 1. The highest BCUT2D eigenvalue weighted by Crippen LogP contribution is 2.39. The number of hydrogen-bond acceptors (Lipinski definition) is 6.